The maximum absolute atomic E-state index is 6.88. The number of benzene rings is 8. The second-order valence-electron chi connectivity index (χ2n) is 16.3. The summed E-state index contributed by atoms with van der Waals surface area (Å²) in [7, 11) is 0. The van der Waals surface area contributed by atoms with Crippen molar-refractivity contribution in [1.29, 1.82) is 0 Å². The summed E-state index contributed by atoms with van der Waals surface area (Å²) in [5.41, 5.74) is 9.20. The van der Waals surface area contributed by atoms with Crippen LogP contribution in [0.25, 0.3) is 98.3 Å². The van der Waals surface area contributed by atoms with Gasteiger partial charge in [-0.25, -0.2) is 0 Å². The van der Waals surface area contributed by atoms with Crippen molar-refractivity contribution in [2.45, 2.75) is 51.4 Å². The summed E-state index contributed by atoms with van der Waals surface area (Å²) in [6.45, 7) is 9.43. The Morgan fingerprint density at radius 1 is 0.404 bits per heavy atom. The van der Waals surface area contributed by atoms with E-state index in [1.54, 1.807) is 0 Å². The quantitative estimate of drug-likeness (QED) is 0.171. The SMILES string of the molecule is CC1(C)CCC(C)(C)c2c1oc1cc3c(-c4c5ccccc5c(-c5cccc6oc7cc8ccccc8cc7c56)c5ccccc45)cccc3cc21. The van der Waals surface area contributed by atoms with E-state index in [1.807, 2.05) is 0 Å². The molecule has 250 valence electrons. The molecule has 1 aliphatic carbocycles. The average Bonchev–Trinajstić information content (AvgIpc) is 3.73. The van der Waals surface area contributed by atoms with E-state index in [0.29, 0.717) is 0 Å². The Morgan fingerprint density at radius 2 is 0.942 bits per heavy atom. The van der Waals surface area contributed by atoms with Gasteiger partial charge in [0, 0.05) is 27.1 Å². The number of hydrogen-bond donors (Lipinski definition) is 0. The van der Waals surface area contributed by atoms with Crippen molar-refractivity contribution in [3.8, 4) is 22.3 Å². The molecular formula is C50H38O2. The fourth-order valence-electron chi connectivity index (χ4n) is 9.53. The molecule has 0 bridgehead atoms. The summed E-state index contributed by atoms with van der Waals surface area (Å²) in [5, 5.41) is 13.4. The highest BCUT2D eigenvalue weighted by Crippen LogP contribution is 2.52. The molecule has 2 heteroatoms. The third-order valence-electron chi connectivity index (χ3n) is 12.2. The lowest BCUT2D eigenvalue weighted by Crippen LogP contribution is -2.32. The van der Waals surface area contributed by atoms with Gasteiger partial charge in [0.25, 0.3) is 0 Å². The Morgan fingerprint density at radius 3 is 1.65 bits per heavy atom. The molecular weight excluding hydrogens is 633 g/mol. The van der Waals surface area contributed by atoms with Crippen LogP contribution in [0.5, 0.6) is 0 Å². The van der Waals surface area contributed by atoms with Crippen LogP contribution < -0.4 is 0 Å². The van der Waals surface area contributed by atoms with E-state index in [1.165, 1.54) is 76.3 Å². The molecule has 1 aliphatic rings. The molecule has 2 aromatic heterocycles. The van der Waals surface area contributed by atoms with Gasteiger partial charge in [-0.05, 0) is 114 Å². The number of fused-ring (bicyclic) bond motifs is 10. The topological polar surface area (TPSA) is 26.3 Å². The van der Waals surface area contributed by atoms with Crippen LogP contribution in [0.15, 0.2) is 142 Å². The van der Waals surface area contributed by atoms with Crippen LogP contribution in [-0.4, -0.2) is 0 Å². The van der Waals surface area contributed by atoms with Crippen LogP contribution in [0, 0.1) is 0 Å². The summed E-state index contributed by atoms with van der Waals surface area (Å²) in [4.78, 5) is 0. The summed E-state index contributed by atoms with van der Waals surface area (Å²) in [6.07, 6.45) is 2.28. The third kappa shape index (κ3) is 4.07. The number of rotatable bonds is 2. The Hall–Kier alpha value is -5.86. The minimum Gasteiger partial charge on any atom is -0.460 e. The molecule has 0 aliphatic heterocycles. The molecule has 0 saturated heterocycles. The maximum Gasteiger partial charge on any atom is 0.136 e. The summed E-state index contributed by atoms with van der Waals surface area (Å²) < 4.78 is 13.4. The van der Waals surface area contributed by atoms with Crippen molar-refractivity contribution < 1.29 is 8.83 Å². The highest BCUT2D eigenvalue weighted by atomic mass is 16.3. The molecule has 8 aromatic carbocycles. The minimum atomic E-state index is 0.0113. The predicted octanol–water partition coefficient (Wildman–Crippen LogP) is 14.6. The van der Waals surface area contributed by atoms with Crippen LogP contribution in [-0.2, 0) is 10.8 Å². The molecule has 0 fully saturated rings. The van der Waals surface area contributed by atoms with Gasteiger partial charge in [-0.15, -0.1) is 0 Å². The summed E-state index contributed by atoms with van der Waals surface area (Å²) in [6, 6.07) is 49.0. The summed E-state index contributed by atoms with van der Waals surface area (Å²) in [5.74, 6) is 1.16. The molecule has 0 amide bonds. The molecule has 2 nitrogen and oxygen atoms in total. The van der Waals surface area contributed by atoms with E-state index in [0.717, 1.165) is 46.1 Å². The van der Waals surface area contributed by atoms with Gasteiger partial charge in [0.05, 0.1) is 0 Å². The van der Waals surface area contributed by atoms with E-state index < -0.39 is 0 Å². The normalized spacial score (nSPS) is 15.5. The first-order chi connectivity index (χ1) is 25.3. The van der Waals surface area contributed by atoms with E-state index in [2.05, 4.69) is 161 Å². The van der Waals surface area contributed by atoms with Crippen LogP contribution in [0.3, 0.4) is 0 Å². The molecule has 0 saturated carbocycles. The molecule has 2 heterocycles. The Bertz CT molecular complexity index is 3070. The lowest BCUT2D eigenvalue weighted by atomic mass is 9.65. The standard InChI is InChI=1S/C50H38O2/c1-49(2)23-24-50(3,4)48-47(49)40-26-31-15-11-20-36(38(31)28-43(40)52-48)44-32-16-7-9-18-34(32)45(35-19-10-8-17-33(35)44)37-21-12-22-41-46(37)39-25-29-13-5-6-14-30(29)27-42(39)51-41/h5-22,25-28H,23-24H2,1-4H3. The first kappa shape index (κ1) is 29.8. The monoisotopic (exact) mass is 670 g/mol. The van der Waals surface area contributed by atoms with Crippen molar-refractivity contribution in [2.75, 3.05) is 0 Å². The van der Waals surface area contributed by atoms with Gasteiger partial charge in [0.2, 0.25) is 0 Å². The molecule has 0 radical (unpaired) electrons. The van der Waals surface area contributed by atoms with Gasteiger partial charge in [-0.2, -0.15) is 0 Å². The fourth-order valence-corrected chi connectivity index (χ4v) is 9.53. The number of furan rings is 2. The van der Waals surface area contributed by atoms with E-state index in [9.17, 15) is 0 Å². The second kappa shape index (κ2) is 10.4. The zero-order valence-electron chi connectivity index (χ0n) is 29.9. The smallest absolute Gasteiger partial charge is 0.136 e. The van der Waals surface area contributed by atoms with Crippen LogP contribution in [0.1, 0.15) is 51.9 Å². The first-order valence-corrected chi connectivity index (χ1v) is 18.6. The van der Waals surface area contributed by atoms with Crippen molar-refractivity contribution >= 4 is 76.0 Å². The minimum absolute atomic E-state index is 0.0113. The van der Waals surface area contributed by atoms with Crippen LogP contribution in [0.4, 0.5) is 0 Å². The largest absolute Gasteiger partial charge is 0.460 e. The lowest BCUT2D eigenvalue weighted by Gasteiger charge is -2.38. The van der Waals surface area contributed by atoms with Crippen molar-refractivity contribution in [1.82, 2.24) is 0 Å². The predicted molar refractivity (Wildman–Crippen MR) is 220 cm³/mol. The molecule has 0 spiro atoms. The Labute approximate surface area is 302 Å². The highest BCUT2D eigenvalue weighted by Gasteiger charge is 2.42. The zero-order chi connectivity index (χ0) is 34.9. The van der Waals surface area contributed by atoms with Gasteiger partial charge in [0.15, 0.2) is 0 Å². The average molecular weight is 671 g/mol. The van der Waals surface area contributed by atoms with Crippen molar-refractivity contribution in [2.24, 2.45) is 0 Å². The van der Waals surface area contributed by atoms with Crippen LogP contribution in [0.2, 0.25) is 0 Å². The van der Waals surface area contributed by atoms with Crippen molar-refractivity contribution in [3.63, 3.8) is 0 Å². The second-order valence-corrected chi connectivity index (χ2v) is 16.3. The van der Waals surface area contributed by atoms with Gasteiger partial charge < -0.3 is 8.83 Å². The van der Waals surface area contributed by atoms with Crippen LogP contribution >= 0.6 is 0 Å². The molecule has 0 unspecified atom stereocenters. The third-order valence-corrected chi connectivity index (χ3v) is 12.2. The Kier molecular flexibility index (Phi) is 5.94. The van der Waals surface area contributed by atoms with Gasteiger partial charge >= 0.3 is 0 Å². The molecule has 52 heavy (non-hydrogen) atoms. The van der Waals surface area contributed by atoms with Gasteiger partial charge in [0.1, 0.15) is 22.5 Å². The number of hydrogen-bond acceptors (Lipinski definition) is 2. The fraction of sp³-hybridized carbons (Fsp3) is 0.160. The molecule has 11 rings (SSSR count). The molecule has 0 atom stereocenters. The highest BCUT2D eigenvalue weighted by molar-refractivity contribution is 6.27. The van der Waals surface area contributed by atoms with Crippen molar-refractivity contribution in [3.05, 3.63) is 145 Å². The zero-order valence-corrected chi connectivity index (χ0v) is 29.9. The molecule has 0 N–H and O–H groups in total. The first-order valence-electron chi connectivity index (χ1n) is 18.6. The van der Waals surface area contributed by atoms with Gasteiger partial charge in [-0.1, -0.05) is 131 Å². The van der Waals surface area contributed by atoms with E-state index in [4.69, 9.17) is 8.83 Å². The van der Waals surface area contributed by atoms with E-state index >= 15 is 0 Å². The summed E-state index contributed by atoms with van der Waals surface area (Å²) >= 11 is 0. The maximum atomic E-state index is 6.88. The van der Waals surface area contributed by atoms with E-state index in [-0.39, 0.29) is 10.8 Å². The molecule has 10 aromatic rings. The lowest BCUT2D eigenvalue weighted by molar-refractivity contribution is 0.284. The Balaban J connectivity index is 1.23. The van der Waals surface area contributed by atoms with Gasteiger partial charge in [-0.3, -0.25) is 0 Å².